The molecule has 0 unspecified atom stereocenters. The first-order valence-electron chi connectivity index (χ1n) is 6.96. The van der Waals surface area contributed by atoms with Crippen LogP contribution < -0.4 is 0 Å². The molecule has 0 saturated carbocycles. The molecule has 1 aliphatic carbocycles. The molecule has 0 saturated heterocycles. The van der Waals surface area contributed by atoms with Gasteiger partial charge in [0.2, 0.25) is 0 Å². The van der Waals surface area contributed by atoms with Gasteiger partial charge in [-0.15, -0.1) is 0 Å². The zero-order chi connectivity index (χ0) is 16.7. The third-order valence-electron chi connectivity index (χ3n) is 3.57. The van der Waals surface area contributed by atoms with Crippen molar-refractivity contribution in [2.75, 3.05) is 0 Å². The predicted molar refractivity (Wildman–Crippen MR) is 87.8 cm³/mol. The van der Waals surface area contributed by atoms with Crippen molar-refractivity contribution < 1.29 is 13.2 Å². The average Bonchev–Trinajstić information content (AvgIpc) is 2.33. The second-order valence-electron chi connectivity index (χ2n) is 5.70. The Hall–Kier alpha value is -2.01. The normalized spacial score (nSPS) is 17.5. The van der Waals surface area contributed by atoms with Gasteiger partial charge in [0.05, 0.1) is 10.6 Å². The molecule has 5 heteroatoms. The van der Waals surface area contributed by atoms with E-state index in [2.05, 4.69) is 4.40 Å². The van der Waals surface area contributed by atoms with Crippen LogP contribution in [0.25, 0.3) is 0 Å². The maximum absolute atomic E-state index is 12.7. The van der Waals surface area contributed by atoms with Crippen LogP contribution in [-0.2, 0) is 14.8 Å². The van der Waals surface area contributed by atoms with Crippen molar-refractivity contribution in [1.29, 1.82) is 0 Å². The van der Waals surface area contributed by atoms with E-state index in [1.165, 1.54) is 12.2 Å². The van der Waals surface area contributed by atoms with Crippen LogP contribution in [0.2, 0.25) is 0 Å². The summed E-state index contributed by atoms with van der Waals surface area (Å²) in [4.78, 5) is 11.8. The van der Waals surface area contributed by atoms with Gasteiger partial charge in [0, 0.05) is 0 Å². The Kier molecular flexibility index (Phi) is 4.20. The maximum atomic E-state index is 12.7. The van der Waals surface area contributed by atoms with Gasteiger partial charge in [-0.25, -0.2) is 0 Å². The molecular formula is C17H19NO3S. The summed E-state index contributed by atoms with van der Waals surface area (Å²) in [6, 6.07) is 3.66. The Morgan fingerprint density at radius 3 is 1.95 bits per heavy atom. The van der Waals surface area contributed by atoms with E-state index in [1.807, 2.05) is 19.1 Å². The number of carbonyl (C=O) groups excluding carboxylic acids is 1. The van der Waals surface area contributed by atoms with Gasteiger partial charge in [-0.1, -0.05) is 17.7 Å². The van der Waals surface area contributed by atoms with Crippen LogP contribution in [0.5, 0.6) is 0 Å². The van der Waals surface area contributed by atoms with Gasteiger partial charge in [-0.3, -0.25) is 4.79 Å². The summed E-state index contributed by atoms with van der Waals surface area (Å²) in [7, 11) is -3.82. The number of ketones is 1. The SMILES string of the molecule is CC1=C/C(=N\S(=O)(=O)c2c(C)cc(C)cc2C)C(C)=CC1=O. The monoisotopic (exact) mass is 317 g/mol. The second-order valence-corrected chi connectivity index (χ2v) is 7.24. The van der Waals surface area contributed by atoms with Crippen LogP contribution in [0.1, 0.15) is 30.5 Å². The fourth-order valence-corrected chi connectivity index (χ4v) is 4.10. The highest BCUT2D eigenvalue weighted by Crippen LogP contribution is 2.25. The van der Waals surface area contributed by atoms with Gasteiger partial charge in [0.1, 0.15) is 0 Å². The van der Waals surface area contributed by atoms with E-state index in [4.69, 9.17) is 0 Å². The zero-order valence-corrected chi connectivity index (χ0v) is 14.2. The number of aryl methyl sites for hydroxylation is 3. The van der Waals surface area contributed by atoms with Crippen molar-refractivity contribution in [2.45, 2.75) is 39.5 Å². The lowest BCUT2D eigenvalue weighted by Crippen LogP contribution is -2.13. The Morgan fingerprint density at radius 1 is 0.864 bits per heavy atom. The fourth-order valence-electron chi connectivity index (χ4n) is 2.62. The number of hydrogen-bond acceptors (Lipinski definition) is 3. The lowest BCUT2D eigenvalue weighted by Gasteiger charge is -2.12. The minimum Gasteiger partial charge on any atom is -0.290 e. The van der Waals surface area contributed by atoms with Crippen molar-refractivity contribution in [2.24, 2.45) is 4.40 Å². The smallest absolute Gasteiger partial charge is 0.283 e. The van der Waals surface area contributed by atoms with E-state index in [0.717, 1.165) is 5.56 Å². The molecule has 116 valence electrons. The summed E-state index contributed by atoms with van der Waals surface area (Å²) in [6.45, 7) is 8.79. The highest BCUT2D eigenvalue weighted by molar-refractivity contribution is 7.90. The average molecular weight is 317 g/mol. The Morgan fingerprint density at radius 2 is 1.41 bits per heavy atom. The molecule has 0 amide bonds. The molecule has 0 aliphatic heterocycles. The molecule has 0 bridgehead atoms. The van der Waals surface area contributed by atoms with E-state index < -0.39 is 10.0 Å². The first-order chi connectivity index (χ1) is 10.1. The maximum Gasteiger partial charge on any atom is 0.283 e. The Bertz CT molecular complexity index is 833. The van der Waals surface area contributed by atoms with Crippen LogP contribution in [0, 0.1) is 20.8 Å². The highest BCUT2D eigenvalue weighted by Gasteiger charge is 2.22. The standard InChI is InChI=1S/C17H19NO3S/c1-10-6-13(4)17(14(5)7-10)22(20,21)18-15-8-12(3)16(19)9-11(15)2/h6-9H,1-5H3/b18-15+. The molecule has 0 spiro atoms. The molecule has 2 rings (SSSR count). The molecule has 0 atom stereocenters. The van der Waals surface area contributed by atoms with Gasteiger partial charge in [-0.05, 0) is 69.0 Å². The molecule has 0 radical (unpaired) electrons. The van der Waals surface area contributed by atoms with Gasteiger partial charge in [0.25, 0.3) is 10.0 Å². The number of hydrogen-bond donors (Lipinski definition) is 0. The van der Waals surface area contributed by atoms with Gasteiger partial charge in [-0.2, -0.15) is 12.8 Å². The molecule has 1 aliphatic rings. The summed E-state index contributed by atoms with van der Waals surface area (Å²) < 4.78 is 29.3. The lowest BCUT2D eigenvalue weighted by molar-refractivity contribution is -0.111. The summed E-state index contributed by atoms with van der Waals surface area (Å²) in [5.41, 5.74) is 3.72. The molecule has 1 aromatic rings. The second kappa shape index (κ2) is 5.65. The summed E-state index contributed by atoms with van der Waals surface area (Å²) >= 11 is 0. The Balaban J connectivity index is 2.61. The minimum atomic E-state index is -3.82. The molecule has 1 aromatic carbocycles. The third-order valence-corrected chi connectivity index (χ3v) is 5.17. The third kappa shape index (κ3) is 3.09. The summed E-state index contributed by atoms with van der Waals surface area (Å²) in [5, 5.41) is 0. The van der Waals surface area contributed by atoms with Crippen LogP contribution in [0.4, 0.5) is 0 Å². The van der Waals surface area contributed by atoms with Crippen molar-refractivity contribution in [3.05, 3.63) is 52.1 Å². The molecule has 4 nitrogen and oxygen atoms in total. The van der Waals surface area contributed by atoms with Crippen molar-refractivity contribution in [3.63, 3.8) is 0 Å². The predicted octanol–water partition coefficient (Wildman–Crippen LogP) is 3.22. The van der Waals surface area contributed by atoms with Crippen LogP contribution in [0.3, 0.4) is 0 Å². The fraction of sp³-hybridized carbons (Fsp3) is 0.294. The summed E-state index contributed by atoms with van der Waals surface area (Å²) in [5.74, 6) is -0.114. The number of benzene rings is 1. The largest absolute Gasteiger partial charge is 0.290 e. The van der Waals surface area contributed by atoms with Crippen LogP contribution in [-0.4, -0.2) is 19.9 Å². The van der Waals surface area contributed by atoms with Gasteiger partial charge >= 0.3 is 0 Å². The van der Waals surface area contributed by atoms with E-state index in [1.54, 1.807) is 27.7 Å². The molecular weight excluding hydrogens is 298 g/mol. The first kappa shape index (κ1) is 16.4. The number of nitrogens with zero attached hydrogens (tertiary/aromatic N) is 1. The quantitative estimate of drug-likeness (QED) is 0.787. The summed E-state index contributed by atoms with van der Waals surface area (Å²) in [6.07, 6.45) is 2.94. The van der Waals surface area contributed by atoms with Crippen LogP contribution in [0.15, 0.2) is 44.7 Å². The first-order valence-corrected chi connectivity index (χ1v) is 8.40. The van der Waals surface area contributed by atoms with Gasteiger partial charge in [0.15, 0.2) is 5.78 Å². The number of sulfonamides is 1. The number of rotatable bonds is 2. The van der Waals surface area contributed by atoms with Crippen molar-refractivity contribution >= 4 is 21.5 Å². The van der Waals surface area contributed by atoms with E-state index >= 15 is 0 Å². The molecule has 0 heterocycles. The van der Waals surface area contributed by atoms with E-state index in [0.29, 0.717) is 28.0 Å². The molecule has 0 fully saturated rings. The van der Waals surface area contributed by atoms with Crippen LogP contribution >= 0.6 is 0 Å². The highest BCUT2D eigenvalue weighted by atomic mass is 32.2. The molecule has 0 N–H and O–H groups in total. The van der Waals surface area contributed by atoms with Crippen molar-refractivity contribution in [1.82, 2.24) is 0 Å². The molecule has 22 heavy (non-hydrogen) atoms. The van der Waals surface area contributed by atoms with E-state index in [9.17, 15) is 13.2 Å². The molecule has 0 aromatic heterocycles. The Labute approximate surface area is 131 Å². The van der Waals surface area contributed by atoms with Crippen molar-refractivity contribution in [3.8, 4) is 0 Å². The number of carbonyl (C=O) groups is 1. The minimum absolute atomic E-state index is 0.114. The lowest BCUT2D eigenvalue weighted by atomic mass is 9.99. The zero-order valence-electron chi connectivity index (χ0n) is 13.4. The number of allylic oxidation sites excluding steroid dienone is 4. The van der Waals surface area contributed by atoms with Gasteiger partial charge < -0.3 is 0 Å². The topological polar surface area (TPSA) is 63.6 Å². The van der Waals surface area contributed by atoms with E-state index in [-0.39, 0.29) is 10.7 Å².